The number of hydrogen-bond donors (Lipinski definition) is 2. The maximum absolute atomic E-state index is 11.1. The maximum Gasteiger partial charge on any atom is 0.336 e. The molecule has 1 saturated heterocycles. The summed E-state index contributed by atoms with van der Waals surface area (Å²) >= 11 is 0. The molecule has 0 aromatic heterocycles. The molecule has 0 spiro atoms. The summed E-state index contributed by atoms with van der Waals surface area (Å²) in [6.07, 6.45) is 2.41. The fourth-order valence-corrected chi connectivity index (χ4v) is 2.11. The number of aromatic carboxylic acids is 1. The fraction of sp³-hybridized carbons (Fsp3) is 0.417. The monoisotopic (exact) mass is 220 g/mol. The van der Waals surface area contributed by atoms with Crippen LogP contribution in [-0.4, -0.2) is 29.1 Å². The van der Waals surface area contributed by atoms with Crippen LogP contribution in [0.3, 0.4) is 0 Å². The molecular weight excluding hydrogens is 204 g/mol. The largest absolute Gasteiger partial charge is 0.478 e. The van der Waals surface area contributed by atoms with Crippen molar-refractivity contribution in [3.63, 3.8) is 0 Å². The van der Waals surface area contributed by atoms with E-state index in [-0.39, 0.29) is 0 Å². The number of rotatable bonds is 3. The normalized spacial score (nSPS) is 16.5. The van der Waals surface area contributed by atoms with E-state index in [1.807, 2.05) is 6.07 Å². The Hall–Kier alpha value is -1.55. The van der Waals surface area contributed by atoms with Crippen molar-refractivity contribution in [1.82, 2.24) is 4.90 Å². The first-order valence-electron chi connectivity index (χ1n) is 5.51. The molecule has 1 aromatic carbocycles. The van der Waals surface area contributed by atoms with Gasteiger partial charge in [-0.05, 0) is 43.6 Å². The molecule has 1 heterocycles. The second-order valence-electron chi connectivity index (χ2n) is 4.20. The molecule has 0 atom stereocenters. The Labute approximate surface area is 94.7 Å². The van der Waals surface area contributed by atoms with Crippen LogP contribution in [0.2, 0.25) is 0 Å². The van der Waals surface area contributed by atoms with E-state index < -0.39 is 5.97 Å². The third-order valence-electron chi connectivity index (χ3n) is 2.96. The third-order valence-corrected chi connectivity index (χ3v) is 2.96. The number of nitrogens with zero attached hydrogens (tertiary/aromatic N) is 1. The SMILES string of the molecule is Nc1ccc(CN2CCCC2)c(C(=O)O)c1. The third kappa shape index (κ3) is 2.33. The van der Waals surface area contributed by atoms with Crippen molar-refractivity contribution < 1.29 is 9.90 Å². The Kier molecular flexibility index (Phi) is 3.10. The lowest BCUT2D eigenvalue weighted by molar-refractivity contribution is 0.0694. The Balaban J connectivity index is 2.21. The number of hydrogen-bond acceptors (Lipinski definition) is 3. The first-order chi connectivity index (χ1) is 7.66. The van der Waals surface area contributed by atoms with E-state index in [0.717, 1.165) is 18.7 Å². The zero-order valence-electron chi connectivity index (χ0n) is 9.15. The molecule has 4 nitrogen and oxygen atoms in total. The van der Waals surface area contributed by atoms with E-state index >= 15 is 0 Å². The van der Waals surface area contributed by atoms with E-state index in [9.17, 15) is 4.79 Å². The van der Waals surface area contributed by atoms with Crippen LogP contribution in [0.1, 0.15) is 28.8 Å². The molecule has 1 fully saturated rings. The smallest absolute Gasteiger partial charge is 0.336 e. The van der Waals surface area contributed by atoms with Gasteiger partial charge in [-0.1, -0.05) is 6.07 Å². The second kappa shape index (κ2) is 4.53. The molecule has 4 heteroatoms. The predicted molar refractivity (Wildman–Crippen MR) is 62.3 cm³/mol. The Morgan fingerprint density at radius 2 is 2.06 bits per heavy atom. The molecule has 0 radical (unpaired) electrons. The molecule has 0 saturated carbocycles. The van der Waals surface area contributed by atoms with Gasteiger partial charge in [0, 0.05) is 12.2 Å². The van der Waals surface area contributed by atoms with Crippen molar-refractivity contribution in [2.75, 3.05) is 18.8 Å². The molecule has 1 aliphatic rings. The maximum atomic E-state index is 11.1. The molecule has 2 rings (SSSR count). The topological polar surface area (TPSA) is 66.6 Å². The molecule has 16 heavy (non-hydrogen) atoms. The number of anilines is 1. The highest BCUT2D eigenvalue weighted by atomic mass is 16.4. The molecular formula is C12H16N2O2. The summed E-state index contributed by atoms with van der Waals surface area (Å²) in [5.74, 6) is -0.901. The minimum atomic E-state index is -0.901. The van der Waals surface area contributed by atoms with Crippen molar-refractivity contribution in [3.05, 3.63) is 29.3 Å². The molecule has 3 N–H and O–H groups in total. The summed E-state index contributed by atoms with van der Waals surface area (Å²) in [6, 6.07) is 5.11. The van der Waals surface area contributed by atoms with Crippen LogP contribution in [0, 0.1) is 0 Å². The molecule has 1 aromatic rings. The van der Waals surface area contributed by atoms with E-state index in [0.29, 0.717) is 17.8 Å². The van der Waals surface area contributed by atoms with Gasteiger partial charge in [0.15, 0.2) is 0 Å². The van der Waals surface area contributed by atoms with E-state index in [4.69, 9.17) is 10.8 Å². The van der Waals surface area contributed by atoms with Crippen molar-refractivity contribution in [1.29, 1.82) is 0 Å². The van der Waals surface area contributed by atoms with Gasteiger partial charge in [-0.3, -0.25) is 4.90 Å². The first kappa shape index (κ1) is 11.0. The van der Waals surface area contributed by atoms with Crippen molar-refractivity contribution in [3.8, 4) is 0 Å². The zero-order valence-corrected chi connectivity index (χ0v) is 9.15. The van der Waals surface area contributed by atoms with Gasteiger partial charge < -0.3 is 10.8 Å². The Bertz CT molecular complexity index is 398. The second-order valence-corrected chi connectivity index (χ2v) is 4.20. The van der Waals surface area contributed by atoms with Crippen LogP contribution in [0.25, 0.3) is 0 Å². The van der Waals surface area contributed by atoms with Gasteiger partial charge in [0.2, 0.25) is 0 Å². The number of carboxylic acid groups (broad SMARTS) is 1. The molecule has 0 bridgehead atoms. The number of likely N-dealkylation sites (tertiary alicyclic amines) is 1. The molecule has 86 valence electrons. The highest BCUT2D eigenvalue weighted by molar-refractivity contribution is 5.90. The van der Waals surface area contributed by atoms with E-state index in [2.05, 4.69) is 4.90 Å². The lowest BCUT2D eigenvalue weighted by Gasteiger charge is -2.16. The van der Waals surface area contributed by atoms with Crippen LogP contribution >= 0.6 is 0 Å². The van der Waals surface area contributed by atoms with Gasteiger partial charge in [-0.15, -0.1) is 0 Å². The number of nitrogen functional groups attached to an aromatic ring is 1. The lowest BCUT2D eigenvalue weighted by Crippen LogP contribution is -2.20. The van der Waals surface area contributed by atoms with E-state index in [1.165, 1.54) is 18.9 Å². The minimum Gasteiger partial charge on any atom is -0.478 e. The van der Waals surface area contributed by atoms with Crippen LogP contribution in [0.5, 0.6) is 0 Å². The Morgan fingerprint density at radius 3 is 2.69 bits per heavy atom. The number of carboxylic acids is 1. The van der Waals surface area contributed by atoms with Crippen LogP contribution in [-0.2, 0) is 6.54 Å². The summed E-state index contributed by atoms with van der Waals surface area (Å²) < 4.78 is 0. The number of nitrogens with two attached hydrogens (primary N) is 1. The number of benzene rings is 1. The van der Waals surface area contributed by atoms with Crippen molar-refractivity contribution >= 4 is 11.7 Å². The van der Waals surface area contributed by atoms with Gasteiger partial charge in [0.25, 0.3) is 0 Å². The van der Waals surface area contributed by atoms with Crippen LogP contribution < -0.4 is 5.73 Å². The zero-order chi connectivity index (χ0) is 11.5. The quantitative estimate of drug-likeness (QED) is 0.759. The summed E-state index contributed by atoms with van der Waals surface area (Å²) in [5, 5.41) is 9.09. The first-order valence-corrected chi connectivity index (χ1v) is 5.51. The van der Waals surface area contributed by atoms with Gasteiger partial charge >= 0.3 is 5.97 Å². The molecule has 0 unspecified atom stereocenters. The summed E-state index contributed by atoms with van der Waals surface area (Å²) in [7, 11) is 0. The van der Waals surface area contributed by atoms with E-state index in [1.54, 1.807) is 6.07 Å². The average molecular weight is 220 g/mol. The lowest BCUT2D eigenvalue weighted by atomic mass is 10.1. The van der Waals surface area contributed by atoms with Crippen LogP contribution in [0.15, 0.2) is 18.2 Å². The fourth-order valence-electron chi connectivity index (χ4n) is 2.11. The minimum absolute atomic E-state index is 0.326. The van der Waals surface area contributed by atoms with Crippen molar-refractivity contribution in [2.45, 2.75) is 19.4 Å². The van der Waals surface area contributed by atoms with Gasteiger partial charge in [-0.2, -0.15) is 0 Å². The molecule has 1 aliphatic heterocycles. The van der Waals surface area contributed by atoms with Crippen LogP contribution in [0.4, 0.5) is 5.69 Å². The molecule has 0 aliphatic carbocycles. The summed E-state index contributed by atoms with van der Waals surface area (Å²) in [4.78, 5) is 13.3. The predicted octanol–water partition coefficient (Wildman–Crippen LogP) is 1.56. The summed E-state index contributed by atoms with van der Waals surface area (Å²) in [6.45, 7) is 2.83. The summed E-state index contributed by atoms with van der Waals surface area (Å²) in [5.41, 5.74) is 7.28. The van der Waals surface area contributed by atoms with Gasteiger partial charge in [0.05, 0.1) is 5.56 Å². The Morgan fingerprint density at radius 1 is 1.38 bits per heavy atom. The average Bonchev–Trinajstić information content (AvgIpc) is 2.73. The number of carbonyl (C=O) groups is 1. The highest BCUT2D eigenvalue weighted by Crippen LogP contribution is 2.18. The standard InChI is InChI=1S/C12H16N2O2/c13-10-4-3-9(11(7-10)12(15)16)8-14-5-1-2-6-14/h3-4,7H,1-2,5-6,8,13H2,(H,15,16). The molecule has 0 amide bonds. The van der Waals surface area contributed by atoms with Crippen molar-refractivity contribution in [2.24, 2.45) is 0 Å². The van der Waals surface area contributed by atoms with Gasteiger partial charge in [0.1, 0.15) is 0 Å². The van der Waals surface area contributed by atoms with Gasteiger partial charge in [-0.25, -0.2) is 4.79 Å². The highest BCUT2D eigenvalue weighted by Gasteiger charge is 2.16.